The summed E-state index contributed by atoms with van der Waals surface area (Å²) in [6.07, 6.45) is 0. The largest absolute Gasteiger partial charge is 0.320 e. The highest BCUT2D eigenvalue weighted by Crippen LogP contribution is 2.27. The summed E-state index contributed by atoms with van der Waals surface area (Å²) in [7, 11) is 0. The first kappa shape index (κ1) is 14.8. The molecule has 0 fully saturated rings. The molecule has 1 nitrogen and oxygen atoms in total. The molecule has 0 radical (unpaired) electrons. The number of hydrogen-bond acceptors (Lipinski definition) is 2. The van der Waals surface area contributed by atoms with Crippen molar-refractivity contribution in [3.63, 3.8) is 0 Å². The van der Waals surface area contributed by atoms with E-state index in [0.717, 1.165) is 5.56 Å². The van der Waals surface area contributed by atoms with Gasteiger partial charge in [-0.25, -0.2) is 0 Å². The van der Waals surface area contributed by atoms with E-state index in [2.05, 4.69) is 60.0 Å². The average Bonchev–Trinajstić information content (AvgIpc) is 3.02. The monoisotopic (exact) mass is 301 g/mol. The predicted molar refractivity (Wildman–Crippen MR) is 89.5 cm³/mol. The highest BCUT2D eigenvalue weighted by Gasteiger charge is 2.10. The minimum Gasteiger partial charge on any atom is -0.320 e. The van der Waals surface area contributed by atoms with Gasteiger partial charge in [-0.3, -0.25) is 0 Å². The van der Waals surface area contributed by atoms with Crippen LogP contribution in [0.3, 0.4) is 0 Å². The summed E-state index contributed by atoms with van der Waals surface area (Å²) in [5.74, 6) is 0. The van der Waals surface area contributed by atoms with Gasteiger partial charge in [0.1, 0.15) is 0 Å². The van der Waals surface area contributed by atoms with Crippen LogP contribution in [0.1, 0.15) is 16.5 Å². The summed E-state index contributed by atoms with van der Waals surface area (Å²) in [5, 5.41) is 2.07. The predicted octanol–water partition coefficient (Wildman–Crippen LogP) is 4.89. The number of halogens is 1. The molecular formula is C17H16ClNS. The van der Waals surface area contributed by atoms with Crippen molar-refractivity contribution in [2.24, 2.45) is 5.73 Å². The van der Waals surface area contributed by atoms with Crippen molar-refractivity contribution in [3.05, 3.63) is 82.6 Å². The van der Waals surface area contributed by atoms with Crippen molar-refractivity contribution in [1.82, 2.24) is 0 Å². The lowest BCUT2D eigenvalue weighted by atomic mass is 9.99. The molecule has 2 N–H and O–H groups in total. The SMILES string of the molecule is Cl.N[C@@H](c1cccc(-c2ccccc2)c1)c1cccs1. The summed E-state index contributed by atoms with van der Waals surface area (Å²) >= 11 is 1.70. The fourth-order valence-corrected chi connectivity index (χ4v) is 2.93. The molecule has 3 heteroatoms. The molecule has 0 saturated carbocycles. The number of nitrogens with two attached hydrogens (primary N) is 1. The first-order valence-electron chi connectivity index (χ1n) is 6.29. The second-order valence-corrected chi connectivity index (χ2v) is 5.46. The molecule has 2 aromatic carbocycles. The van der Waals surface area contributed by atoms with E-state index < -0.39 is 0 Å². The van der Waals surface area contributed by atoms with Crippen LogP contribution < -0.4 is 5.73 Å². The number of rotatable bonds is 3. The van der Waals surface area contributed by atoms with E-state index in [-0.39, 0.29) is 18.4 Å². The minimum absolute atomic E-state index is 0. The maximum absolute atomic E-state index is 6.32. The van der Waals surface area contributed by atoms with Crippen LogP contribution in [-0.2, 0) is 0 Å². The van der Waals surface area contributed by atoms with Crippen molar-refractivity contribution in [2.75, 3.05) is 0 Å². The van der Waals surface area contributed by atoms with Crippen LogP contribution in [-0.4, -0.2) is 0 Å². The summed E-state index contributed by atoms with van der Waals surface area (Å²) in [6, 6.07) is 23.0. The van der Waals surface area contributed by atoms with E-state index in [4.69, 9.17) is 5.73 Å². The Morgan fingerprint density at radius 3 is 2.25 bits per heavy atom. The van der Waals surface area contributed by atoms with Gasteiger partial charge >= 0.3 is 0 Å². The Morgan fingerprint density at radius 2 is 1.55 bits per heavy atom. The average molecular weight is 302 g/mol. The fraction of sp³-hybridized carbons (Fsp3) is 0.0588. The zero-order valence-corrected chi connectivity index (χ0v) is 12.5. The van der Waals surface area contributed by atoms with Crippen molar-refractivity contribution < 1.29 is 0 Å². The Hall–Kier alpha value is -1.61. The molecule has 0 bridgehead atoms. The van der Waals surface area contributed by atoms with Crippen molar-refractivity contribution in [2.45, 2.75) is 6.04 Å². The molecule has 102 valence electrons. The molecule has 3 rings (SSSR count). The molecule has 20 heavy (non-hydrogen) atoms. The van der Waals surface area contributed by atoms with Gasteiger partial charge in [-0.1, -0.05) is 54.6 Å². The molecule has 0 spiro atoms. The molecular weight excluding hydrogens is 286 g/mol. The quantitative estimate of drug-likeness (QED) is 0.732. The first-order valence-corrected chi connectivity index (χ1v) is 7.17. The van der Waals surface area contributed by atoms with Crippen LogP contribution in [0.4, 0.5) is 0 Å². The molecule has 0 aliphatic rings. The second-order valence-electron chi connectivity index (χ2n) is 4.48. The second kappa shape index (κ2) is 6.71. The number of thiophene rings is 1. The lowest BCUT2D eigenvalue weighted by molar-refractivity contribution is 0.894. The molecule has 0 aliphatic carbocycles. The topological polar surface area (TPSA) is 26.0 Å². The Kier molecular flexibility index (Phi) is 4.96. The van der Waals surface area contributed by atoms with E-state index in [1.54, 1.807) is 11.3 Å². The maximum Gasteiger partial charge on any atom is 0.0646 e. The minimum atomic E-state index is -0.0383. The van der Waals surface area contributed by atoms with E-state index in [1.165, 1.54) is 16.0 Å². The van der Waals surface area contributed by atoms with Crippen molar-refractivity contribution in [1.29, 1.82) is 0 Å². The molecule has 1 aromatic heterocycles. The third kappa shape index (κ3) is 3.10. The number of hydrogen-bond donors (Lipinski definition) is 1. The van der Waals surface area contributed by atoms with Gasteiger partial charge in [-0.15, -0.1) is 23.7 Å². The molecule has 3 aromatic rings. The summed E-state index contributed by atoms with van der Waals surface area (Å²) < 4.78 is 0. The highest BCUT2D eigenvalue weighted by atomic mass is 35.5. The van der Waals surface area contributed by atoms with Gasteiger partial charge in [0, 0.05) is 4.88 Å². The van der Waals surface area contributed by atoms with Crippen LogP contribution in [0.25, 0.3) is 11.1 Å². The Balaban J connectivity index is 0.00000147. The summed E-state index contributed by atoms with van der Waals surface area (Å²) in [5.41, 5.74) is 9.91. The lowest BCUT2D eigenvalue weighted by Crippen LogP contribution is -2.09. The molecule has 0 saturated heterocycles. The van der Waals surface area contributed by atoms with Crippen LogP contribution in [0.5, 0.6) is 0 Å². The summed E-state index contributed by atoms with van der Waals surface area (Å²) in [4.78, 5) is 1.20. The first-order chi connectivity index (χ1) is 9.34. The molecule has 0 aliphatic heterocycles. The van der Waals surface area contributed by atoms with Gasteiger partial charge in [0.15, 0.2) is 0 Å². The fourth-order valence-electron chi connectivity index (χ4n) is 2.17. The van der Waals surface area contributed by atoms with Crippen LogP contribution in [0, 0.1) is 0 Å². The molecule has 1 heterocycles. The normalized spacial score (nSPS) is 11.7. The molecule has 0 amide bonds. The Morgan fingerprint density at radius 1 is 0.800 bits per heavy atom. The van der Waals surface area contributed by atoms with Gasteiger partial charge in [0.2, 0.25) is 0 Å². The van der Waals surface area contributed by atoms with Gasteiger partial charge in [-0.05, 0) is 34.2 Å². The van der Waals surface area contributed by atoms with E-state index in [9.17, 15) is 0 Å². The maximum atomic E-state index is 6.32. The Bertz CT molecular complexity index is 650. The standard InChI is InChI=1S/C17H15NS.ClH/c18-17(16-10-5-11-19-16)15-9-4-8-14(12-15)13-6-2-1-3-7-13;/h1-12,17H,18H2;1H/t17-;/m0./s1. The van der Waals surface area contributed by atoms with Gasteiger partial charge in [0.05, 0.1) is 6.04 Å². The van der Waals surface area contributed by atoms with Crippen LogP contribution >= 0.6 is 23.7 Å². The van der Waals surface area contributed by atoms with E-state index >= 15 is 0 Å². The highest BCUT2D eigenvalue weighted by molar-refractivity contribution is 7.10. The van der Waals surface area contributed by atoms with Crippen molar-refractivity contribution >= 4 is 23.7 Å². The van der Waals surface area contributed by atoms with Gasteiger partial charge in [-0.2, -0.15) is 0 Å². The van der Waals surface area contributed by atoms with Gasteiger partial charge < -0.3 is 5.73 Å². The molecule has 1 atom stereocenters. The van der Waals surface area contributed by atoms with E-state index in [0.29, 0.717) is 0 Å². The lowest BCUT2D eigenvalue weighted by Gasteiger charge is -2.12. The zero-order valence-electron chi connectivity index (χ0n) is 10.9. The van der Waals surface area contributed by atoms with Crippen molar-refractivity contribution in [3.8, 4) is 11.1 Å². The third-order valence-corrected chi connectivity index (χ3v) is 4.16. The Labute approximate surface area is 129 Å². The summed E-state index contributed by atoms with van der Waals surface area (Å²) in [6.45, 7) is 0. The molecule has 0 unspecified atom stereocenters. The zero-order chi connectivity index (χ0) is 13.1. The number of benzene rings is 2. The smallest absolute Gasteiger partial charge is 0.0646 e. The van der Waals surface area contributed by atoms with Gasteiger partial charge in [0.25, 0.3) is 0 Å². The third-order valence-electron chi connectivity index (χ3n) is 3.20. The van der Waals surface area contributed by atoms with Crippen LogP contribution in [0.2, 0.25) is 0 Å². The van der Waals surface area contributed by atoms with Crippen LogP contribution in [0.15, 0.2) is 72.1 Å². The van der Waals surface area contributed by atoms with E-state index in [1.807, 2.05) is 12.1 Å².